The molecule has 1 aromatic carbocycles. The summed E-state index contributed by atoms with van der Waals surface area (Å²) in [5.74, 6) is -3.15. The average Bonchev–Trinajstić information content (AvgIpc) is 3.26. The van der Waals surface area contributed by atoms with E-state index < -0.39 is 27.3 Å². The van der Waals surface area contributed by atoms with Crippen LogP contribution < -0.4 is 5.32 Å². The zero-order valence-corrected chi connectivity index (χ0v) is 21.5. The van der Waals surface area contributed by atoms with Crippen LogP contribution in [0.1, 0.15) is 48.9 Å². The number of carbonyl (C=O) groups excluding carboxylic acids is 1. The highest BCUT2D eigenvalue weighted by atomic mass is 35.5. The number of aromatic nitrogens is 3. The number of hydrogen-bond donors (Lipinski definition) is 1. The molecule has 4 rings (SSSR count). The van der Waals surface area contributed by atoms with Crippen molar-refractivity contribution >= 4 is 39.1 Å². The molecule has 2 aromatic rings. The minimum Gasteiger partial charge on any atom is -0.351 e. The van der Waals surface area contributed by atoms with Gasteiger partial charge in [-0.15, -0.1) is 5.10 Å². The summed E-state index contributed by atoms with van der Waals surface area (Å²) < 4.78 is 56.6. The molecule has 1 amide bonds. The molecule has 35 heavy (non-hydrogen) atoms. The van der Waals surface area contributed by atoms with Gasteiger partial charge in [0.2, 0.25) is 10.9 Å². The highest BCUT2D eigenvalue weighted by Gasteiger charge is 2.49. The molecule has 2 fully saturated rings. The summed E-state index contributed by atoms with van der Waals surface area (Å²) in [5, 5.41) is 10.8. The lowest BCUT2D eigenvalue weighted by atomic mass is 9.62. The van der Waals surface area contributed by atoms with Gasteiger partial charge in [-0.3, -0.25) is 9.48 Å². The number of piperidine rings is 1. The number of hydrogen-bond acceptors (Lipinski definition) is 5. The smallest absolute Gasteiger partial charge is 0.264 e. The van der Waals surface area contributed by atoms with E-state index in [1.807, 2.05) is 0 Å². The second kappa shape index (κ2) is 9.91. The highest BCUT2D eigenvalue weighted by molar-refractivity contribution is 7.89. The van der Waals surface area contributed by atoms with Crippen LogP contribution in [0, 0.1) is 11.3 Å². The van der Waals surface area contributed by atoms with E-state index in [2.05, 4.69) is 15.6 Å². The standard InChI is InChI=1S/C22H27Cl2F2N5O3S/c1-30-13-19(28-29-30)35(33,34)31-10-4-15(5-11-31)21(6-8-22(25,26)9-7-21)14-27-20(32)17-3-2-16(23)12-18(17)24/h2-3,12-13,15H,4-11,14H2,1H3,(H,27,32). The van der Waals surface area contributed by atoms with Gasteiger partial charge in [-0.25, -0.2) is 17.2 Å². The van der Waals surface area contributed by atoms with Crippen LogP contribution in [-0.2, 0) is 17.1 Å². The predicted molar refractivity (Wildman–Crippen MR) is 127 cm³/mol. The van der Waals surface area contributed by atoms with Gasteiger partial charge in [0, 0.05) is 44.5 Å². The molecule has 1 aliphatic carbocycles. The van der Waals surface area contributed by atoms with Gasteiger partial charge < -0.3 is 5.32 Å². The Balaban J connectivity index is 1.47. The molecule has 1 aromatic heterocycles. The maximum absolute atomic E-state index is 14.1. The first-order valence-corrected chi connectivity index (χ1v) is 13.6. The van der Waals surface area contributed by atoms with Gasteiger partial charge in [0.05, 0.1) is 16.8 Å². The molecule has 1 saturated carbocycles. The van der Waals surface area contributed by atoms with Crippen molar-refractivity contribution in [3.63, 3.8) is 0 Å². The van der Waals surface area contributed by atoms with E-state index in [4.69, 9.17) is 23.2 Å². The minimum absolute atomic E-state index is 0.0205. The molecule has 0 radical (unpaired) electrons. The summed E-state index contributed by atoms with van der Waals surface area (Å²) in [4.78, 5) is 12.8. The minimum atomic E-state index is -3.78. The molecule has 0 spiro atoms. The predicted octanol–water partition coefficient (Wildman–Crippen LogP) is 4.15. The first-order valence-electron chi connectivity index (χ1n) is 11.4. The molecular formula is C22H27Cl2F2N5O3S. The first-order chi connectivity index (χ1) is 16.4. The van der Waals surface area contributed by atoms with Crippen LogP contribution in [0.3, 0.4) is 0 Å². The Morgan fingerprint density at radius 3 is 2.40 bits per heavy atom. The summed E-state index contributed by atoms with van der Waals surface area (Å²) in [5.41, 5.74) is -0.296. The fourth-order valence-corrected chi connectivity index (χ4v) is 7.03. The van der Waals surface area contributed by atoms with E-state index in [0.29, 0.717) is 17.9 Å². The van der Waals surface area contributed by atoms with Gasteiger partial charge >= 0.3 is 0 Å². The topological polar surface area (TPSA) is 97.2 Å². The number of benzene rings is 1. The van der Waals surface area contributed by atoms with E-state index in [1.54, 1.807) is 13.1 Å². The summed E-state index contributed by atoms with van der Waals surface area (Å²) in [6.07, 6.45) is 2.33. The second-order valence-electron chi connectivity index (χ2n) is 9.43. The maximum Gasteiger partial charge on any atom is 0.264 e. The van der Waals surface area contributed by atoms with Gasteiger partial charge in [-0.05, 0) is 55.2 Å². The number of nitrogens with zero attached hydrogens (tertiary/aromatic N) is 4. The van der Waals surface area contributed by atoms with Crippen molar-refractivity contribution in [2.24, 2.45) is 18.4 Å². The van der Waals surface area contributed by atoms with Crippen molar-refractivity contribution in [1.82, 2.24) is 24.6 Å². The number of carbonyl (C=O) groups is 1. The third-order valence-electron chi connectivity index (χ3n) is 7.26. The molecule has 1 aliphatic heterocycles. The van der Waals surface area contributed by atoms with Gasteiger partial charge in [-0.2, -0.15) is 4.31 Å². The van der Waals surface area contributed by atoms with E-state index in [0.717, 1.165) is 0 Å². The van der Waals surface area contributed by atoms with Crippen LogP contribution in [-0.4, -0.2) is 59.2 Å². The molecule has 0 unspecified atom stereocenters. The number of nitrogens with one attached hydrogen (secondary N) is 1. The average molecular weight is 550 g/mol. The molecule has 13 heteroatoms. The second-order valence-corrected chi connectivity index (χ2v) is 12.2. The Kier molecular flexibility index (Phi) is 7.43. The van der Waals surface area contributed by atoms with Crippen LogP contribution >= 0.6 is 23.2 Å². The van der Waals surface area contributed by atoms with Crippen molar-refractivity contribution in [3.05, 3.63) is 40.0 Å². The molecule has 1 N–H and O–H groups in total. The lowest BCUT2D eigenvalue weighted by Crippen LogP contribution is -2.50. The molecule has 0 atom stereocenters. The van der Waals surface area contributed by atoms with E-state index >= 15 is 0 Å². The van der Waals surface area contributed by atoms with Crippen molar-refractivity contribution < 1.29 is 22.0 Å². The first kappa shape index (κ1) is 26.2. The quantitative estimate of drug-likeness (QED) is 0.583. The normalized spacial score (nSPS) is 21.1. The summed E-state index contributed by atoms with van der Waals surface area (Å²) >= 11 is 12.1. The summed E-state index contributed by atoms with van der Waals surface area (Å²) in [6, 6.07) is 4.56. The number of alkyl halides is 2. The number of amides is 1. The van der Waals surface area contributed by atoms with Crippen LogP contribution in [0.25, 0.3) is 0 Å². The monoisotopic (exact) mass is 549 g/mol. The third-order valence-corrected chi connectivity index (χ3v) is 9.57. The SMILES string of the molecule is Cn1cc(S(=O)(=O)N2CCC(C3(CNC(=O)c4ccc(Cl)cc4Cl)CCC(F)(F)CC3)CC2)nn1. The highest BCUT2D eigenvalue weighted by Crippen LogP contribution is 2.50. The molecular weight excluding hydrogens is 523 g/mol. The van der Waals surface area contributed by atoms with Gasteiger partial charge in [0.15, 0.2) is 0 Å². The van der Waals surface area contributed by atoms with Crippen LogP contribution in [0.4, 0.5) is 8.78 Å². The summed E-state index contributed by atoms with van der Waals surface area (Å²) in [6.45, 7) is 0.708. The van der Waals surface area contributed by atoms with E-state index in [-0.39, 0.29) is 66.8 Å². The Bertz CT molecular complexity index is 1190. The molecule has 192 valence electrons. The molecule has 0 bridgehead atoms. The Labute approximate surface area is 213 Å². The van der Waals surface area contributed by atoms with Crippen molar-refractivity contribution in [2.75, 3.05) is 19.6 Å². The lowest BCUT2D eigenvalue weighted by Gasteiger charge is -2.48. The number of halogens is 4. The van der Waals surface area contributed by atoms with Gasteiger partial charge in [0.25, 0.3) is 15.9 Å². The number of aryl methyl sites for hydroxylation is 1. The van der Waals surface area contributed by atoms with Crippen molar-refractivity contribution in [1.29, 1.82) is 0 Å². The van der Waals surface area contributed by atoms with Crippen LogP contribution in [0.15, 0.2) is 29.4 Å². The van der Waals surface area contributed by atoms with Crippen molar-refractivity contribution in [2.45, 2.75) is 49.5 Å². The molecule has 2 aliphatic rings. The zero-order valence-electron chi connectivity index (χ0n) is 19.2. The van der Waals surface area contributed by atoms with Gasteiger partial charge in [-0.1, -0.05) is 28.4 Å². The zero-order chi connectivity index (χ0) is 25.4. The number of sulfonamides is 1. The maximum atomic E-state index is 14.1. The summed E-state index contributed by atoms with van der Waals surface area (Å²) in [7, 11) is -2.19. The van der Waals surface area contributed by atoms with Gasteiger partial charge in [0.1, 0.15) is 0 Å². The fourth-order valence-electron chi connectivity index (χ4n) is 5.15. The largest absolute Gasteiger partial charge is 0.351 e. The van der Waals surface area contributed by atoms with E-state index in [1.165, 1.54) is 27.3 Å². The van der Waals surface area contributed by atoms with Crippen molar-refractivity contribution in [3.8, 4) is 0 Å². The van der Waals surface area contributed by atoms with Crippen LogP contribution in [0.2, 0.25) is 10.0 Å². The Morgan fingerprint density at radius 2 is 1.83 bits per heavy atom. The Morgan fingerprint density at radius 1 is 1.17 bits per heavy atom. The van der Waals surface area contributed by atoms with Crippen LogP contribution in [0.5, 0.6) is 0 Å². The van der Waals surface area contributed by atoms with E-state index in [9.17, 15) is 22.0 Å². The number of rotatable bonds is 6. The fraction of sp³-hybridized carbons (Fsp3) is 0.591. The molecule has 2 heterocycles. The lowest BCUT2D eigenvalue weighted by molar-refractivity contribution is -0.0847. The Hall–Kier alpha value is -1.82. The molecule has 8 nitrogen and oxygen atoms in total. The third kappa shape index (κ3) is 5.63. The molecule has 1 saturated heterocycles.